The highest BCUT2D eigenvalue weighted by Crippen LogP contribution is 2.25. The highest BCUT2D eigenvalue weighted by molar-refractivity contribution is 5.94. The summed E-state index contributed by atoms with van der Waals surface area (Å²) in [7, 11) is 0. The molecule has 0 aromatic heterocycles. The van der Waals surface area contributed by atoms with Crippen LogP contribution in [0.2, 0.25) is 0 Å². The van der Waals surface area contributed by atoms with Crippen LogP contribution in [0.5, 0.6) is 0 Å². The first-order valence-corrected chi connectivity index (χ1v) is 7.82. The first kappa shape index (κ1) is 16.5. The van der Waals surface area contributed by atoms with Crippen LogP contribution in [0.3, 0.4) is 0 Å². The minimum atomic E-state index is -0.204. The molecule has 1 atom stereocenters. The normalized spacial score (nSPS) is 19.8. The molecule has 0 bridgehead atoms. The summed E-state index contributed by atoms with van der Waals surface area (Å²) in [5.41, 5.74) is 1.55. The SMILES string of the molecule is CCCNC(=O)c1cccc(CNC2C(=O)NCC2(C)C)c1. The van der Waals surface area contributed by atoms with Crippen LogP contribution in [0.15, 0.2) is 24.3 Å². The zero-order valence-electron chi connectivity index (χ0n) is 13.5. The van der Waals surface area contributed by atoms with Gasteiger partial charge in [0.05, 0.1) is 6.04 Å². The van der Waals surface area contributed by atoms with E-state index in [0.29, 0.717) is 25.2 Å². The first-order chi connectivity index (χ1) is 10.4. The lowest BCUT2D eigenvalue weighted by Gasteiger charge is -2.24. The van der Waals surface area contributed by atoms with E-state index in [-0.39, 0.29) is 23.3 Å². The van der Waals surface area contributed by atoms with Gasteiger partial charge in [0.15, 0.2) is 0 Å². The monoisotopic (exact) mass is 303 g/mol. The fourth-order valence-electron chi connectivity index (χ4n) is 2.63. The number of hydrogen-bond donors (Lipinski definition) is 3. The van der Waals surface area contributed by atoms with Gasteiger partial charge in [0.25, 0.3) is 5.91 Å². The molecule has 2 amide bonds. The molecular weight excluding hydrogens is 278 g/mol. The van der Waals surface area contributed by atoms with Crippen molar-refractivity contribution in [1.29, 1.82) is 0 Å². The largest absolute Gasteiger partial charge is 0.354 e. The van der Waals surface area contributed by atoms with E-state index in [0.717, 1.165) is 12.0 Å². The molecule has 22 heavy (non-hydrogen) atoms. The second-order valence-electron chi connectivity index (χ2n) is 6.48. The molecule has 1 fully saturated rings. The van der Waals surface area contributed by atoms with Crippen molar-refractivity contribution in [2.45, 2.75) is 39.8 Å². The summed E-state index contributed by atoms with van der Waals surface area (Å²) in [5.74, 6) is -0.00974. The Morgan fingerprint density at radius 1 is 1.41 bits per heavy atom. The fraction of sp³-hybridized carbons (Fsp3) is 0.529. The molecule has 0 spiro atoms. The lowest BCUT2D eigenvalue weighted by molar-refractivity contribution is -0.121. The van der Waals surface area contributed by atoms with Crippen molar-refractivity contribution in [3.8, 4) is 0 Å². The topological polar surface area (TPSA) is 70.2 Å². The van der Waals surface area contributed by atoms with Crippen LogP contribution >= 0.6 is 0 Å². The van der Waals surface area contributed by atoms with Gasteiger partial charge in [-0.2, -0.15) is 0 Å². The Hall–Kier alpha value is -1.88. The van der Waals surface area contributed by atoms with Crippen molar-refractivity contribution in [3.05, 3.63) is 35.4 Å². The molecule has 0 aliphatic carbocycles. The zero-order chi connectivity index (χ0) is 16.2. The average molecular weight is 303 g/mol. The molecule has 0 radical (unpaired) electrons. The maximum absolute atomic E-state index is 12.0. The van der Waals surface area contributed by atoms with Gasteiger partial charge < -0.3 is 16.0 Å². The van der Waals surface area contributed by atoms with Gasteiger partial charge in [0.2, 0.25) is 5.91 Å². The maximum atomic E-state index is 12.0. The van der Waals surface area contributed by atoms with E-state index in [1.807, 2.05) is 25.1 Å². The van der Waals surface area contributed by atoms with Gasteiger partial charge in [-0.15, -0.1) is 0 Å². The van der Waals surface area contributed by atoms with Crippen LogP contribution in [0.1, 0.15) is 43.1 Å². The summed E-state index contributed by atoms with van der Waals surface area (Å²) in [5, 5.41) is 9.06. The highest BCUT2D eigenvalue weighted by Gasteiger charge is 2.40. The van der Waals surface area contributed by atoms with Crippen molar-refractivity contribution in [2.75, 3.05) is 13.1 Å². The number of carbonyl (C=O) groups excluding carboxylic acids is 2. The Balaban J connectivity index is 1.99. The van der Waals surface area contributed by atoms with E-state index in [2.05, 4.69) is 29.8 Å². The third kappa shape index (κ3) is 3.85. The van der Waals surface area contributed by atoms with E-state index in [1.54, 1.807) is 6.07 Å². The van der Waals surface area contributed by atoms with Gasteiger partial charge in [-0.05, 0) is 24.1 Å². The minimum absolute atomic E-state index is 0.0434. The third-order valence-electron chi connectivity index (χ3n) is 4.00. The standard InChI is InChI=1S/C17H25N3O2/c1-4-8-18-15(21)13-7-5-6-12(9-13)10-19-14-16(22)20-11-17(14,2)3/h5-7,9,14,19H,4,8,10-11H2,1-3H3,(H,18,21)(H,20,22). The van der Waals surface area contributed by atoms with Crippen LogP contribution in [0.25, 0.3) is 0 Å². The van der Waals surface area contributed by atoms with Crippen LogP contribution in [-0.4, -0.2) is 30.9 Å². The Bertz CT molecular complexity index is 555. The average Bonchev–Trinajstić information content (AvgIpc) is 2.76. The quantitative estimate of drug-likeness (QED) is 0.745. The molecule has 1 aliphatic heterocycles. The summed E-state index contributed by atoms with van der Waals surface area (Å²) in [6.07, 6.45) is 0.916. The van der Waals surface area contributed by atoms with Crippen molar-refractivity contribution in [2.24, 2.45) is 5.41 Å². The molecule has 1 saturated heterocycles. The molecule has 1 aliphatic rings. The van der Waals surface area contributed by atoms with Crippen LogP contribution in [-0.2, 0) is 11.3 Å². The first-order valence-electron chi connectivity index (χ1n) is 7.82. The summed E-state index contributed by atoms with van der Waals surface area (Å²) in [6, 6.07) is 7.31. The highest BCUT2D eigenvalue weighted by atomic mass is 16.2. The lowest BCUT2D eigenvalue weighted by atomic mass is 9.87. The summed E-state index contributed by atoms with van der Waals surface area (Å²) < 4.78 is 0. The van der Waals surface area contributed by atoms with E-state index < -0.39 is 0 Å². The van der Waals surface area contributed by atoms with Crippen molar-refractivity contribution >= 4 is 11.8 Å². The van der Waals surface area contributed by atoms with E-state index >= 15 is 0 Å². The number of rotatable bonds is 6. The maximum Gasteiger partial charge on any atom is 0.251 e. The molecule has 0 saturated carbocycles. The molecule has 120 valence electrons. The molecule has 2 rings (SSSR count). The van der Waals surface area contributed by atoms with Crippen LogP contribution in [0, 0.1) is 5.41 Å². The molecule has 1 aromatic carbocycles. The van der Waals surface area contributed by atoms with Crippen LogP contribution in [0.4, 0.5) is 0 Å². The molecule has 5 heteroatoms. The Kier molecular flexibility index (Phi) is 5.19. The second kappa shape index (κ2) is 6.92. The molecular formula is C17H25N3O2. The third-order valence-corrected chi connectivity index (χ3v) is 4.00. The van der Waals surface area contributed by atoms with Crippen LogP contribution < -0.4 is 16.0 Å². The molecule has 1 unspecified atom stereocenters. The Morgan fingerprint density at radius 3 is 2.82 bits per heavy atom. The van der Waals surface area contributed by atoms with Crippen molar-refractivity contribution < 1.29 is 9.59 Å². The number of nitrogens with one attached hydrogen (secondary N) is 3. The van der Waals surface area contributed by atoms with Gasteiger partial charge in [-0.3, -0.25) is 9.59 Å². The Labute approximate surface area is 131 Å². The zero-order valence-corrected chi connectivity index (χ0v) is 13.5. The number of amides is 2. The summed E-state index contributed by atoms with van der Waals surface area (Å²) in [4.78, 5) is 23.8. The number of hydrogen-bond acceptors (Lipinski definition) is 3. The van der Waals surface area contributed by atoms with E-state index in [4.69, 9.17) is 0 Å². The van der Waals surface area contributed by atoms with Gasteiger partial charge in [0, 0.05) is 30.6 Å². The summed E-state index contributed by atoms with van der Waals surface area (Å²) in [6.45, 7) is 8.08. The molecule has 1 heterocycles. The van der Waals surface area contributed by atoms with E-state index in [1.165, 1.54) is 0 Å². The predicted molar refractivity (Wildman–Crippen MR) is 86.5 cm³/mol. The summed E-state index contributed by atoms with van der Waals surface area (Å²) >= 11 is 0. The molecule has 3 N–H and O–H groups in total. The van der Waals surface area contributed by atoms with Crippen molar-refractivity contribution in [1.82, 2.24) is 16.0 Å². The van der Waals surface area contributed by atoms with Gasteiger partial charge in [0.1, 0.15) is 0 Å². The smallest absolute Gasteiger partial charge is 0.251 e. The van der Waals surface area contributed by atoms with E-state index in [9.17, 15) is 9.59 Å². The minimum Gasteiger partial charge on any atom is -0.354 e. The molecule has 1 aromatic rings. The Morgan fingerprint density at radius 2 is 2.18 bits per heavy atom. The fourth-order valence-corrected chi connectivity index (χ4v) is 2.63. The van der Waals surface area contributed by atoms with Gasteiger partial charge in [-0.25, -0.2) is 0 Å². The lowest BCUT2D eigenvalue weighted by Crippen LogP contribution is -2.43. The molecule has 5 nitrogen and oxygen atoms in total. The second-order valence-corrected chi connectivity index (χ2v) is 6.48. The number of carbonyl (C=O) groups is 2. The number of benzene rings is 1. The predicted octanol–water partition coefficient (Wildman–Crippen LogP) is 1.44. The van der Waals surface area contributed by atoms with Gasteiger partial charge in [-0.1, -0.05) is 32.9 Å². The van der Waals surface area contributed by atoms with Crippen molar-refractivity contribution in [3.63, 3.8) is 0 Å². The van der Waals surface area contributed by atoms with Gasteiger partial charge >= 0.3 is 0 Å².